The Morgan fingerprint density at radius 3 is 0.667 bits per heavy atom. The highest BCUT2D eigenvalue weighted by atomic mass is 16.4. The zero-order chi connectivity index (χ0) is 32.4. The van der Waals surface area contributed by atoms with Gasteiger partial charge in [0.2, 0.25) is 0 Å². The zero-order valence-corrected chi connectivity index (χ0v) is 28.0. The molecule has 6 heterocycles. The highest BCUT2D eigenvalue weighted by molar-refractivity contribution is 5.37. The monoisotopic (exact) mass is 608 g/mol. The first-order valence-electron chi connectivity index (χ1n) is 15.6. The van der Waals surface area contributed by atoms with Crippen molar-refractivity contribution in [2.75, 3.05) is 0 Å². The van der Waals surface area contributed by atoms with Gasteiger partial charge in [-0.1, -0.05) is 0 Å². The van der Waals surface area contributed by atoms with Crippen LogP contribution in [-0.2, 0) is 27.1 Å². The Hall–Kier alpha value is -4.32. The Morgan fingerprint density at radius 2 is 0.489 bits per heavy atom. The fourth-order valence-electron chi connectivity index (χ4n) is 5.91. The van der Waals surface area contributed by atoms with Crippen molar-refractivity contribution in [3.63, 3.8) is 0 Å². The van der Waals surface area contributed by atoms with Crippen LogP contribution in [0.3, 0.4) is 0 Å². The lowest BCUT2D eigenvalue weighted by Gasteiger charge is -2.24. The molecule has 0 bridgehead atoms. The summed E-state index contributed by atoms with van der Waals surface area (Å²) in [5.74, 6) is 8.30. The SMILES string of the molecule is CC(C)(c1ccco1)c1ccc(C(C)(C)c2ccc(C(C)(C)c3ccc(C(C)(C)c4ccc(C(C)(C)c5ccco5)o4)o3)o2)o1. The van der Waals surface area contributed by atoms with E-state index >= 15 is 0 Å². The molecule has 0 aliphatic carbocycles. The first-order valence-corrected chi connectivity index (χ1v) is 15.6. The maximum atomic E-state index is 6.58. The lowest BCUT2D eigenvalue weighted by atomic mass is 9.87. The molecule has 236 valence electrons. The van der Waals surface area contributed by atoms with Crippen molar-refractivity contribution in [3.05, 3.63) is 143 Å². The largest absolute Gasteiger partial charge is 0.468 e. The molecule has 0 atom stereocenters. The minimum absolute atomic E-state index is 0.397. The highest BCUT2D eigenvalue weighted by Gasteiger charge is 2.39. The second-order valence-corrected chi connectivity index (χ2v) is 14.7. The third-order valence-corrected chi connectivity index (χ3v) is 9.63. The topological polar surface area (TPSA) is 78.8 Å². The summed E-state index contributed by atoms with van der Waals surface area (Å²) in [4.78, 5) is 0. The molecule has 6 rings (SSSR count). The minimum atomic E-state index is -0.520. The van der Waals surface area contributed by atoms with Gasteiger partial charge in [0.25, 0.3) is 0 Å². The first kappa shape index (κ1) is 30.7. The minimum Gasteiger partial charge on any atom is -0.468 e. The Balaban J connectivity index is 1.23. The molecule has 0 N–H and O–H groups in total. The van der Waals surface area contributed by atoms with E-state index in [-0.39, 0.29) is 0 Å². The Bertz CT molecular complexity index is 1740. The molecule has 0 amide bonds. The summed E-state index contributed by atoms with van der Waals surface area (Å²) in [7, 11) is 0. The van der Waals surface area contributed by atoms with Crippen molar-refractivity contribution >= 4 is 0 Å². The van der Waals surface area contributed by atoms with Crippen LogP contribution in [0.15, 0.2) is 112 Å². The van der Waals surface area contributed by atoms with Crippen LogP contribution in [-0.4, -0.2) is 0 Å². The van der Waals surface area contributed by atoms with Crippen molar-refractivity contribution in [2.24, 2.45) is 0 Å². The fraction of sp³-hybridized carbons (Fsp3) is 0.385. The third kappa shape index (κ3) is 5.04. The summed E-state index contributed by atoms with van der Waals surface area (Å²) < 4.78 is 37.4. The predicted molar refractivity (Wildman–Crippen MR) is 173 cm³/mol. The molecule has 6 aromatic heterocycles. The highest BCUT2D eigenvalue weighted by Crippen LogP contribution is 2.43. The van der Waals surface area contributed by atoms with Crippen LogP contribution in [0, 0.1) is 0 Å². The maximum Gasteiger partial charge on any atom is 0.117 e. The van der Waals surface area contributed by atoms with E-state index in [2.05, 4.69) is 69.2 Å². The van der Waals surface area contributed by atoms with E-state index in [1.54, 1.807) is 12.5 Å². The van der Waals surface area contributed by atoms with Gasteiger partial charge >= 0.3 is 0 Å². The number of rotatable bonds is 10. The molecule has 0 saturated heterocycles. The molecular weight excluding hydrogens is 564 g/mol. The van der Waals surface area contributed by atoms with Crippen LogP contribution in [0.5, 0.6) is 0 Å². The van der Waals surface area contributed by atoms with Gasteiger partial charge in [0.15, 0.2) is 0 Å². The lowest BCUT2D eigenvalue weighted by molar-refractivity contribution is 0.283. The van der Waals surface area contributed by atoms with Gasteiger partial charge < -0.3 is 26.5 Å². The standard InChI is InChI=1S/C39H44O6/c1-35(2,25-13-11-23-40-25)27-15-17-29(42-27)37(5,6)31-19-21-33(44-31)39(9,10)34-22-20-32(45-34)38(7,8)30-18-16-28(43-30)36(3,4)26-14-12-24-41-26/h11-24H,1-10H3. The van der Waals surface area contributed by atoms with E-state index < -0.39 is 27.1 Å². The van der Waals surface area contributed by atoms with Crippen molar-refractivity contribution < 1.29 is 26.5 Å². The molecule has 6 nitrogen and oxygen atoms in total. The van der Waals surface area contributed by atoms with Gasteiger partial charge in [-0.3, -0.25) is 0 Å². The van der Waals surface area contributed by atoms with E-state index in [1.165, 1.54) is 0 Å². The Labute approximate surface area is 265 Å². The molecule has 6 heteroatoms. The average Bonchev–Trinajstić information content (AvgIpc) is 3.84. The van der Waals surface area contributed by atoms with Gasteiger partial charge in [-0.2, -0.15) is 0 Å². The van der Waals surface area contributed by atoms with Gasteiger partial charge in [-0.15, -0.1) is 0 Å². The summed E-state index contributed by atoms with van der Waals surface area (Å²) in [6.07, 6.45) is 3.38. The van der Waals surface area contributed by atoms with Crippen LogP contribution in [0.4, 0.5) is 0 Å². The summed E-state index contributed by atoms with van der Waals surface area (Å²) >= 11 is 0. The maximum absolute atomic E-state index is 6.58. The first-order chi connectivity index (χ1) is 21.1. The molecule has 0 aromatic carbocycles. The van der Waals surface area contributed by atoms with Gasteiger partial charge in [0, 0.05) is 0 Å². The Morgan fingerprint density at radius 1 is 0.289 bits per heavy atom. The van der Waals surface area contributed by atoms with Crippen LogP contribution in [0.1, 0.15) is 127 Å². The third-order valence-electron chi connectivity index (χ3n) is 9.63. The molecule has 0 spiro atoms. The summed E-state index contributed by atoms with van der Waals surface area (Å²) in [5.41, 5.74) is -2.31. The number of hydrogen-bond donors (Lipinski definition) is 0. The number of hydrogen-bond acceptors (Lipinski definition) is 6. The van der Waals surface area contributed by atoms with Gasteiger partial charge in [0.05, 0.1) is 39.6 Å². The van der Waals surface area contributed by atoms with E-state index in [4.69, 9.17) is 26.5 Å². The van der Waals surface area contributed by atoms with Crippen LogP contribution in [0.25, 0.3) is 0 Å². The lowest BCUT2D eigenvalue weighted by Crippen LogP contribution is -2.21. The molecule has 6 aromatic rings. The van der Waals surface area contributed by atoms with Crippen molar-refractivity contribution in [1.82, 2.24) is 0 Å². The quantitative estimate of drug-likeness (QED) is 0.154. The van der Waals surface area contributed by atoms with Crippen LogP contribution in [0.2, 0.25) is 0 Å². The van der Waals surface area contributed by atoms with Crippen molar-refractivity contribution in [1.29, 1.82) is 0 Å². The van der Waals surface area contributed by atoms with Crippen LogP contribution >= 0.6 is 0 Å². The predicted octanol–water partition coefficient (Wildman–Crippen LogP) is 10.9. The number of furan rings is 6. The summed E-state index contributed by atoms with van der Waals surface area (Å²) in [6, 6.07) is 24.0. The van der Waals surface area contributed by atoms with Gasteiger partial charge in [-0.25, -0.2) is 0 Å². The molecule has 0 saturated carbocycles. The second-order valence-electron chi connectivity index (χ2n) is 14.7. The zero-order valence-electron chi connectivity index (χ0n) is 28.0. The van der Waals surface area contributed by atoms with Crippen molar-refractivity contribution in [2.45, 2.75) is 96.3 Å². The Kier molecular flexibility index (Phi) is 7.07. The molecule has 0 radical (unpaired) electrons. The molecule has 45 heavy (non-hydrogen) atoms. The van der Waals surface area contributed by atoms with E-state index in [1.807, 2.05) is 72.8 Å². The smallest absolute Gasteiger partial charge is 0.117 e. The molecular formula is C39H44O6. The molecule has 0 unspecified atom stereocenters. The van der Waals surface area contributed by atoms with Gasteiger partial charge in [-0.05, 0) is 142 Å². The molecule has 0 aliphatic rings. The van der Waals surface area contributed by atoms with Crippen molar-refractivity contribution in [3.8, 4) is 0 Å². The second kappa shape index (κ2) is 10.4. The molecule has 0 aliphatic heterocycles. The molecule has 0 fully saturated rings. The van der Waals surface area contributed by atoms with E-state index in [0.717, 1.165) is 57.6 Å². The fourth-order valence-corrected chi connectivity index (χ4v) is 5.91. The van der Waals surface area contributed by atoms with Crippen LogP contribution < -0.4 is 0 Å². The average molecular weight is 609 g/mol. The van der Waals surface area contributed by atoms with E-state index in [0.29, 0.717) is 0 Å². The normalized spacial score (nSPS) is 13.6. The summed E-state index contributed by atoms with van der Waals surface area (Å²) in [5, 5.41) is 0. The van der Waals surface area contributed by atoms with E-state index in [9.17, 15) is 0 Å². The summed E-state index contributed by atoms with van der Waals surface area (Å²) in [6.45, 7) is 21.1. The van der Waals surface area contributed by atoms with Gasteiger partial charge in [0.1, 0.15) is 57.6 Å².